The second-order valence-electron chi connectivity index (χ2n) is 33.1. The van der Waals surface area contributed by atoms with E-state index in [9.17, 15) is 38.4 Å². The molecule has 7 aliphatic rings. The van der Waals surface area contributed by atoms with Gasteiger partial charge in [0.1, 0.15) is 0 Å². The van der Waals surface area contributed by atoms with Gasteiger partial charge in [-0.15, -0.1) is 0 Å². The summed E-state index contributed by atoms with van der Waals surface area (Å²) in [6.07, 6.45) is 13.1. The molecule has 103 heavy (non-hydrogen) atoms. The lowest BCUT2D eigenvalue weighted by Gasteiger charge is -2.70. The number of amides is 6. The smallest absolute Gasteiger partial charge is 0.316 e. The Morgan fingerprint density at radius 2 is 0.864 bits per heavy atom. The Morgan fingerprint density at radius 3 is 1.33 bits per heavy atom. The van der Waals surface area contributed by atoms with Crippen LogP contribution in [0.4, 0.5) is 14.4 Å². The molecular weight excluding hydrogens is 1320 g/mol. The van der Waals surface area contributed by atoms with Gasteiger partial charge >= 0.3 is 47.9 Å². The molecule has 24 heteroatoms. The van der Waals surface area contributed by atoms with Gasteiger partial charge < -0.3 is 74.5 Å². The number of hydrogen-bond donors (Lipinski definition) is 6. The van der Waals surface area contributed by atoms with Crippen molar-refractivity contribution in [2.45, 2.75) is 370 Å². The fourth-order valence-electron chi connectivity index (χ4n) is 19.2. The highest BCUT2D eigenvalue weighted by molar-refractivity contribution is 5.95. The van der Waals surface area contributed by atoms with E-state index in [0.29, 0.717) is 38.8 Å². The van der Waals surface area contributed by atoms with Gasteiger partial charge in [-0.05, 0) is 129 Å². The molecule has 0 bridgehead atoms. The average Bonchev–Trinajstić information content (AvgIpc) is 0.673. The third-order valence-electron chi connectivity index (χ3n) is 24.8. The third-order valence-corrected chi connectivity index (χ3v) is 24.8. The van der Waals surface area contributed by atoms with Crippen molar-refractivity contribution in [1.82, 2.24) is 31.9 Å². The predicted octanol–water partition coefficient (Wildman–Crippen LogP) is 13.7. The number of urea groups is 3. The van der Waals surface area contributed by atoms with Crippen molar-refractivity contribution in [1.29, 1.82) is 0 Å². The molecule has 6 N–H and O–H groups in total. The monoisotopic (exact) mass is 1450 g/mol. The van der Waals surface area contributed by atoms with Crippen LogP contribution in [-0.4, -0.2) is 147 Å². The van der Waals surface area contributed by atoms with Crippen LogP contribution in [-0.2, 0) is 71.4 Å². The lowest BCUT2D eigenvalue weighted by molar-refractivity contribution is -0.378. The van der Waals surface area contributed by atoms with Crippen LogP contribution in [0.3, 0.4) is 0 Å². The zero-order chi connectivity index (χ0) is 75.5. The molecule has 0 aromatic heterocycles. The standard InChI is InChI=1S/C79H132N6O18/c1-16-19-22-25-28-31-34-45-80-71(92)83-67-63(98-53(7)89)61(96-51(5)87)65(101-70-64(99-54(8)90)60(95-50(4)86)62(97-52(6)88)68(103-70)84-72(93)81-46-35-32-29-26-23-20-17-2)69(102-67)100-59-38-39-77(13)58(74(59,9)10)37-40-79(15)66(77)57(91)48-55-56-49-76(12,43-41-75(56,11)42-44-78(55,79)14)85-73(94)82-47-36-33-30-27-24-21-18-3/h48,56,58-70H,16-47,49H2,1-15H3,(H2,80,83,92)(H2,81,84,93)(H2,82,85,94)/t56-,58-,59-,60-,61-,62-,63-,64+,65+,66+,67-,68+,69+,70+,75+,76-,77-,78+,79+/m0/s1. The molecule has 586 valence electrons. The number of unbranched alkanes of at least 4 members (excludes halogenated alkanes) is 18. The van der Waals surface area contributed by atoms with Crippen molar-refractivity contribution in [3.63, 3.8) is 0 Å². The van der Waals surface area contributed by atoms with Gasteiger partial charge in [0.2, 0.25) is 6.29 Å². The first-order valence-electron chi connectivity index (χ1n) is 39.7. The summed E-state index contributed by atoms with van der Waals surface area (Å²) in [7, 11) is 0. The summed E-state index contributed by atoms with van der Waals surface area (Å²) in [5.41, 5.74) is -1.41. The highest BCUT2D eigenvalue weighted by Crippen LogP contribution is 2.75. The molecule has 6 amide bonds. The van der Waals surface area contributed by atoms with Gasteiger partial charge in [-0.2, -0.15) is 0 Å². The lowest BCUT2D eigenvalue weighted by Crippen LogP contribution is -2.71. The van der Waals surface area contributed by atoms with Crippen LogP contribution in [0, 0.1) is 44.8 Å². The molecule has 0 aromatic carbocycles. The second kappa shape index (κ2) is 38.3. The molecule has 5 aliphatic carbocycles. The lowest BCUT2D eigenvalue weighted by atomic mass is 9.33. The maximum Gasteiger partial charge on any atom is 0.316 e. The summed E-state index contributed by atoms with van der Waals surface area (Å²) < 4.78 is 57.5. The van der Waals surface area contributed by atoms with Crippen molar-refractivity contribution < 1.29 is 85.8 Å². The number of fused-ring (bicyclic) bond motifs is 7. The molecule has 2 heterocycles. The van der Waals surface area contributed by atoms with E-state index >= 15 is 4.79 Å². The summed E-state index contributed by atoms with van der Waals surface area (Å²) in [5, 5.41) is 17.8. The van der Waals surface area contributed by atoms with Crippen molar-refractivity contribution >= 4 is 53.7 Å². The Labute approximate surface area is 614 Å². The minimum absolute atomic E-state index is 0.0495. The minimum Gasteiger partial charge on any atom is -0.455 e. The molecule has 2 saturated heterocycles. The molecule has 4 saturated carbocycles. The van der Waals surface area contributed by atoms with Gasteiger partial charge in [-0.25, -0.2) is 14.4 Å². The second-order valence-corrected chi connectivity index (χ2v) is 33.1. The van der Waals surface area contributed by atoms with E-state index in [2.05, 4.69) is 101 Å². The van der Waals surface area contributed by atoms with Crippen molar-refractivity contribution in [2.24, 2.45) is 44.8 Å². The first-order chi connectivity index (χ1) is 48.8. The average molecular weight is 1450 g/mol. The van der Waals surface area contributed by atoms with Gasteiger partial charge in [-0.1, -0.05) is 183 Å². The minimum atomic E-state index is -1.92. The van der Waals surface area contributed by atoms with E-state index in [0.717, 1.165) is 169 Å². The van der Waals surface area contributed by atoms with Crippen LogP contribution in [0.15, 0.2) is 11.6 Å². The number of ketones is 1. The number of carbonyl (C=O) groups excluding carboxylic acids is 9. The number of esters is 5. The quantitative estimate of drug-likeness (QED) is 0.0147. The number of hydrogen-bond acceptors (Lipinski definition) is 18. The zero-order valence-electron chi connectivity index (χ0n) is 65.3. The summed E-state index contributed by atoms with van der Waals surface area (Å²) in [6, 6.07) is -1.57. The van der Waals surface area contributed by atoms with Crippen LogP contribution in [0.2, 0.25) is 0 Å². The predicted molar refractivity (Wildman–Crippen MR) is 388 cm³/mol. The number of carbonyl (C=O) groups is 9. The maximum atomic E-state index is 15.8. The Kier molecular flexibility index (Phi) is 31.5. The maximum absolute atomic E-state index is 15.8. The SMILES string of the molecule is CCCCCCCCCNC(=O)N[C@@H]1O[C@@H](O[C@H]2[C@H](O[C@H]3CC[C@]4(C)[C@H]5C(=O)C=C6[C@@H]7C[C@@](C)(NC(=O)NCCCCCCCCC)CC[C@]7(C)CC[C@@]6(C)[C@]5(C)CC[C@H]4C3(C)C)O[C@H](NC(=O)NCCCCCCCCC)[C@@H](OC(C)=O)[C@@H]2OC(C)=O)[C@H](OC(C)=O)[C@@H](OC(C)=O)[C@@H]1OC(C)=O. The number of nitrogens with one attached hydrogen (secondary N) is 6. The molecule has 0 radical (unpaired) electrons. The van der Waals surface area contributed by atoms with Crippen molar-refractivity contribution in [3.8, 4) is 0 Å². The molecular formula is C79H132N6O18. The highest BCUT2D eigenvalue weighted by Gasteiger charge is 2.71. The largest absolute Gasteiger partial charge is 0.455 e. The summed E-state index contributed by atoms with van der Waals surface area (Å²) in [6.45, 7) is 29.1. The van der Waals surface area contributed by atoms with Crippen LogP contribution >= 0.6 is 0 Å². The molecule has 24 nitrogen and oxygen atoms in total. The van der Waals surface area contributed by atoms with E-state index in [1.807, 2.05) is 6.08 Å². The molecule has 0 aromatic rings. The summed E-state index contributed by atoms with van der Waals surface area (Å²) in [4.78, 5) is 124. The van der Waals surface area contributed by atoms with E-state index < -0.39 is 131 Å². The third kappa shape index (κ3) is 21.6. The Balaban J connectivity index is 1.22. The first kappa shape index (κ1) is 84.7. The zero-order valence-corrected chi connectivity index (χ0v) is 65.3. The van der Waals surface area contributed by atoms with E-state index in [1.165, 1.54) is 37.7 Å². The Hall–Kier alpha value is -5.59. The topological polar surface area (TPSA) is 309 Å². The summed E-state index contributed by atoms with van der Waals surface area (Å²) in [5.74, 6) is -4.72. The van der Waals surface area contributed by atoms with Crippen LogP contribution < -0.4 is 31.9 Å². The van der Waals surface area contributed by atoms with Gasteiger partial charge in [0.15, 0.2) is 61.2 Å². The fraction of sp³-hybridized carbons (Fsp3) is 0.861. The molecule has 6 fully saturated rings. The summed E-state index contributed by atoms with van der Waals surface area (Å²) >= 11 is 0. The Morgan fingerprint density at radius 1 is 0.456 bits per heavy atom. The van der Waals surface area contributed by atoms with Gasteiger partial charge in [0.05, 0.1) is 6.10 Å². The molecule has 19 atom stereocenters. The molecule has 0 unspecified atom stereocenters. The number of rotatable bonds is 36. The first-order valence-corrected chi connectivity index (χ1v) is 39.7. The van der Waals surface area contributed by atoms with Gasteiger partial charge in [-0.3, -0.25) is 28.8 Å². The molecule has 0 spiro atoms. The van der Waals surface area contributed by atoms with Crippen LogP contribution in [0.1, 0.15) is 296 Å². The van der Waals surface area contributed by atoms with Gasteiger partial charge in [0, 0.05) is 65.7 Å². The van der Waals surface area contributed by atoms with E-state index in [4.69, 9.17) is 42.6 Å². The van der Waals surface area contributed by atoms with Crippen molar-refractivity contribution in [3.05, 3.63) is 11.6 Å². The number of allylic oxidation sites excluding steroid dienone is 2. The van der Waals surface area contributed by atoms with E-state index in [1.54, 1.807) is 0 Å². The normalized spacial score (nSPS) is 34.2. The van der Waals surface area contributed by atoms with Crippen LogP contribution in [0.25, 0.3) is 0 Å². The van der Waals surface area contributed by atoms with E-state index in [-0.39, 0.29) is 46.9 Å². The highest BCUT2D eigenvalue weighted by atomic mass is 16.8. The molecule has 2 aliphatic heterocycles. The Bertz CT molecular complexity index is 2890. The van der Waals surface area contributed by atoms with Crippen molar-refractivity contribution in [2.75, 3.05) is 19.6 Å². The number of ether oxygens (including phenoxy) is 9. The van der Waals surface area contributed by atoms with Gasteiger partial charge in [0.25, 0.3) is 0 Å². The fourth-order valence-corrected chi connectivity index (χ4v) is 19.2. The molecule has 7 rings (SSSR count). The van der Waals surface area contributed by atoms with Crippen LogP contribution in [0.5, 0.6) is 0 Å².